The zero-order chi connectivity index (χ0) is 18.0. The molecule has 0 spiro atoms. The largest absolute Gasteiger partial charge is 0.368 e. The number of aliphatic hydroxyl groups excluding tert-OH is 1. The second-order valence-corrected chi connectivity index (χ2v) is 7.42. The third-order valence-electron chi connectivity index (χ3n) is 6.03. The van der Waals surface area contributed by atoms with Crippen LogP contribution >= 0.6 is 0 Å². The second kappa shape index (κ2) is 8.02. The van der Waals surface area contributed by atoms with Gasteiger partial charge in [-0.15, -0.1) is 0 Å². The molecule has 2 heterocycles. The molecule has 2 saturated heterocycles. The van der Waals surface area contributed by atoms with Crippen LogP contribution in [-0.2, 0) is 14.2 Å². The van der Waals surface area contributed by atoms with Crippen LogP contribution in [0.1, 0.15) is 48.0 Å². The van der Waals surface area contributed by atoms with Crippen molar-refractivity contribution in [2.24, 2.45) is 28.8 Å². The minimum Gasteiger partial charge on any atom is -0.368 e. The Bertz CT molecular complexity index is 471. The van der Waals surface area contributed by atoms with E-state index in [0.717, 1.165) is 6.42 Å². The Hall–Kier alpha value is -0.850. The summed E-state index contributed by atoms with van der Waals surface area (Å²) < 4.78 is 18.0. The molecule has 2 rings (SSSR count). The van der Waals surface area contributed by atoms with E-state index in [1.54, 1.807) is 0 Å². The Morgan fingerprint density at radius 1 is 1.04 bits per heavy atom. The van der Waals surface area contributed by atoms with E-state index >= 15 is 0 Å². The summed E-state index contributed by atoms with van der Waals surface area (Å²) in [6.45, 7) is 12.2. The summed E-state index contributed by atoms with van der Waals surface area (Å²) in [5, 5.41) is 13.9. The van der Waals surface area contributed by atoms with Gasteiger partial charge in [-0.05, 0) is 36.6 Å². The zero-order valence-electron chi connectivity index (χ0n) is 15.5. The maximum atomic E-state index is 9.96. The lowest BCUT2D eigenvalue weighted by Crippen LogP contribution is -2.55. The second-order valence-electron chi connectivity index (χ2n) is 7.42. The maximum Gasteiger partial charge on any atom is 0.167 e. The van der Waals surface area contributed by atoms with E-state index in [0.29, 0.717) is 5.92 Å². The summed E-state index contributed by atoms with van der Waals surface area (Å²) in [4.78, 5) is 3.00. The highest BCUT2D eigenvalue weighted by molar-refractivity contribution is 4.91. The molecule has 2 fully saturated rings. The molecule has 24 heavy (non-hydrogen) atoms. The van der Waals surface area contributed by atoms with Crippen molar-refractivity contribution < 1.29 is 19.3 Å². The minimum absolute atomic E-state index is 0.0361. The van der Waals surface area contributed by atoms with Gasteiger partial charge < -0.3 is 19.3 Å². The summed E-state index contributed by atoms with van der Waals surface area (Å²) in [5.74, 6) is 0.533. The first-order chi connectivity index (χ1) is 11.3. The number of aliphatic hydroxyl groups is 1. The van der Waals surface area contributed by atoms with E-state index < -0.39 is 12.6 Å². The van der Waals surface area contributed by atoms with Crippen molar-refractivity contribution in [3.63, 3.8) is 0 Å². The van der Waals surface area contributed by atoms with Gasteiger partial charge in [0.05, 0.1) is 24.4 Å². The SMILES string of the molecule is CCC1O[C@H](O[C@@H]2C(C)OC(O)C(C)[C@H]2C)C(N=[N+]=[N-])[C@@H](C)[C@@H]1C. The summed E-state index contributed by atoms with van der Waals surface area (Å²) in [6, 6.07) is -0.366. The van der Waals surface area contributed by atoms with Gasteiger partial charge in [0.25, 0.3) is 0 Å². The Morgan fingerprint density at radius 3 is 2.29 bits per heavy atom. The Kier molecular flexibility index (Phi) is 6.51. The van der Waals surface area contributed by atoms with Crippen LogP contribution in [0.4, 0.5) is 0 Å². The molecule has 2 aliphatic rings. The molecule has 1 N–H and O–H groups in total. The van der Waals surface area contributed by atoms with E-state index in [9.17, 15) is 5.11 Å². The molecule has 0 aromatic heterocycles. The third kappa shape index (κ3) is 3.70. The highest BCUT2D eigenvalue weighted by atomic mass is 16.7. The average Bonchev–Trinajstić information content (AvgIpc) is 2.55. The van der Waals surface area contributed by atoms with Crippen LogP contribution in [0.15, 0.2) is 5.11 Å². The number of nitrogens with zero attached hydrogens (tertiary/aromatic N) is 3. The molecule has 0 amide bonds. The average molecular weight is 341 g/mol. The first kappa shape index (κ1) is 19.5. The fraction of sp³-hybridized carbons (Fsp3) is 1.00. The molecule has 0 aliphatic carbocycles. The number of ether oxygens (including phenoxy) is 3. The van der Waals surface area contributed by atoms with Gasteiger partial charge in [0.15, 0.2) is 12.6 Å². The smallest absolute Gasteiger partial charge is 0.167 e. The van der Waals surface area contributed by atoms with Crippen LogP contribution in [-0.4, -0.2) is 42.0 Å². The number of rotatable bonds is 4. The Balaban J connectivity index is 2.19. The molecule has 2 aliphatic heterocycles. The molecule has 7 heteroatoms. The number of hydrogen-bond donors (Lipinski definition) is 1. The van der Waals surface area contributed by atoms with Crippen LogP contribution in [0.2, 0.25) is 0 Å². The predicted octanol–water partition coefficient (Wildman–Crippen LogP) is 3.47. The fourth-order valence-electron chi connectivity index (χ4n) is 3.87. The summed E-state index contributed by atoms with van der Waals surface area (Å²) in [6.07, 6.45) is -0.877. The maximum absolute atomic E-state index is 9.96. The van der Waals surface area contributed by atoms with Gasteiger partial charge >= 0.3 is 0 Å². The predicted molar refractivity (Wildman–Crippen MR) is 90.0 cm³/mol. The molecular weight excluding hydrogens is 310 g/mol. The van der Waals surface area contributed by atoms with Crippen molar-refractivity contribution in [3.8, 4) is 0 Å². The van der Waals surface area contributed by atoms with Crippen molar-refractivity contribution in [1.82, 2.24) is 0 Å². The fourth-order valence-corrected chi connectivity index (χ4v) is 3.87. The Labute approximate surface area is 144 Å². The van der Waals surface area contributed by atoms with E-state index in [4.69, 9.17) is 19.7 Å². The lowest BCUT2D eigenvalue weighted by atomic mass is 9.81. The summed E-state index contributed by atoms with van der Waals surface area (Å²) in [5.41, 5.74) is 8.94. The first-order valence-corrected chi connectivity index (χ1v) is 9.00. The van der Waals surface area contributed by atoms with Gasteiger partial charge in [-0.25, -0.2) is 0 Å². The van der Waals surface area contributed by atoms with Gasteiger partial charge in [-0.1, -0.05) is 39.7 Å². The van der Waals surface area contributed by atoms with Crippen LogP contribution in [0.5, 0.6) is 0 Å². The van der Waals surface area contributed by atoms with E-state index in [2.05, 4.69) is 30.8 Å². The molecule has 7 nitrogen and oxygen atoms in total. The van der Waals surface area contributed by atoms with Gasteiger partial charge in [-0.3, -0.25) is 0 Å². The van der Waals surface area contributed by atoms with Crippen LogP contribution in [0.3, 0.4) is 0 Å². The highest BCUT2D eigenvalue weighted by Crippen LogP contribution is 2.38. The molecule has 10 atom stereocenters. The van der Waals surface area contributed by atoms with Crippen molar-refractivity contribution in [2.75, 3.05) is 0 Å². The normalized spacial score (nSPS) is 49.5. The van der Waals surface area contributed by atoms with E-state index in [1.807, 2.05) is 20.8 Å². The molecule has 0 saturated carbocycles. The molecule has 0 radical (unpaired) electrons. The Morgan fingerprint density at radius 2 is 1.71 bits per heavy atom. The summed E-state index contributed by atoms with van der Waals surface area (Å²) >= 11 is 0. The van der Waals surface area contributed by atoms with E-state index in [1.165, 1.54) is 0 Å². The molecule has 5 unspecified atom stereocenters. The van der Waals surface area contributed by atoms with Gasteiger partial charge in [0.1, 0.15) is 0 Å². The van der Waals surface area contributed by atoms with Crippen LogP contribution in [0, 0.1) is 23.7 Å². The van der Waals surface area contributed by atoms with Crippen molar-refractivity contribution >= 4 is 0 Å². The zero-order valence-corrected chi connectivity index (χ0v) is 15.5. The molecule has 0 aromatic carbocycles. The molecular formula is C17H31N3O4. The van der Waals surface area contributed by atoms with Crippen LogP contribution in [0.25, 0.3) is 10.4 Å². The third-order valence-corrected chi connectivity index (χ3v) is 6.03. The van der Waals surface area contributed by atoms with Crippen molar-refractivity contribution in [3.05, 3.63) is 10.4 Å². The van der Waals surface area contributed by atoms with Crippen molar-refractivity contribution in [2.45, 2.75) is 84.9 Å². The van der Waals surface area contributed by atoms with Gasteiger partial charge in [-0.2, -0.15) is 0 Å². The van der Waals surface area contributed by atoms with Gasteiger partial charge in [0.2, 0.25) is 0 Å². The lowest BCUT2D eigenvalue weighted by Gasteiger charge is -2.47. The monoisotopic (exact) mass is 341 g/mol. The molecule has 138 valence electrons. The lowest BCUT2D eigenvalue weighted by molar-refractivity contribution is -0.306. The highest BCUT2D eigenvalue weighted by Gasteiger charge is 2.46. The topological polar surface area (TPSA) is 96.7 Å². The minimum atomic E-state index is -0.780. The van der Waals surface area contributed by atoms with E-state index in [-0.39, 0.29) is 42.1 Å². The number of azide groups is 1. The van der Waals surface area contributed by atoms with Crippen molar-refractivity contribution in [1.29, 1.82) is 0 Å². The quantitative estimate of drug-likeness (QED) is 0.481. The first-order valence-electron chi connectivity index (χ1n) is 9.00. The number of hydrogen-bond acceptors (Lipinski definition) is 5. The molecule has 0 bridgehead atoms. The molecule has 0 aromatic rings. The summed E-state index contributed by atoms with van der Waals surface area (Å²) in [7, 11) is 0. The van der Waals surface area contributed by atoms with Crippen LogP contribution < -0.4 is 0 Å². The van der Waals surface area contributed by atoms with Gasteiger partial charge in [0, 0.05) is 10.8 Å². The standard InChI is InChI=1S/C17H31N3O4/c1-7-13-8(2)9(3)14(19-20-18)17(23-13)24-15-10(4)11(5)16(21)22-12(15)6/h8-17,21H,7H2,1-6H3/t8-,9-,10+,11?,12?,13?,14?,15-,16?,17+/m0/s1.